The Kier molecular flexibility index (Phi) is 5.72. The van der Waals surface area contributed by atoms with Gasteiger partial charge in [-0.05, 0) is 24.5 Å². The standard InChI is InChI=1S/C21H28N6O3/c1-15(2)14-30-21(29)26-10-6-9-25(11-12-26)13-18-22-23-20-24(3)19(28)16-7-4-5-8-17(16)27(18)20/h4-5,7-8,15H,6,9-14H2,1-3H3. The lowest BCUT2D eigenvalue weighted by atomic mass is 10.2. The summed E-state index contributed by atoms with van der Waals surface area (Å²) >= 11 is 0. The monoisotopic (exact) mass is 412 g/mol. The summed E-state index contributed by atoms with van der Waals surface area (Å²) in [5, 5.41) is 9.29. The van der Waals surface area contributed by atoms with Gasteiger partial charge in [-0.3, -0.25) is 18.7 Å². The highest BCUT2D eigenvalue weighted by atomic mass is 16.6. The topological polar surface area (TPSA) is 85.0 Å². The Labute approximate surface area is 174 Å². The summed E-state index contributed by atoms with van der Waals surface area (Å²) in [6, 6.07) is 7.53. The third-order valence-corrected chi connectivity index (χ3v) is 5.44. The van der Waals surface area contributed by atoms with E-state index in [9.17, 15) is 9.59 Å². The van der Waals surface area contributed by atoms with E-state index in [4.69, 9.17) is 4.74 Å². The number of carbonyl (C=O) groups excluding carboxylic acids is 1. The first-order valence-electron chi connectivity index (χ1n) is 10.4. The first kappa shape index (κ1) is 20.3. The van der Waals surface area contributed by atoms with E-state index in [0.29, 0.717) is 43.3 Å². The number of para-hydroxylation sites is 1. The lowest BCUT2D eigenvalue weighted by molar-refractivity contribution is 0.0929. The summed E-state index contributed by atoms with van der Waals surface area (Å²) in [6.07, 6.45) is 0.631. The van der Waals surface area contributed by atoms with Crippen LogP contribution in [0.5, 0.6) is 0 Å². The van der Waals surface area contributed by atoms with Gasteiger partial charge in [-0.2, -0.15) is 0 Å². The molecule has 1 aliphatic rings. The van der Waals surface area contributed by atoms with Crippen LogP contribution in [0.1, 0.15) is 26.1 Å². The van der Waals surface area contributed by atoms with Crippen LogP contribution in [0.4, 0.5) is 4.79 Å². The van der Waals surface area contributed by atoms with Gasteiger partial charge in [-0.1, -0.05) is 26.0 Å². The lowest BCUT2D eigenvalue weighted by Gasteiger charge is -2.21. The minimum absolute atomic E-state index is 0.0811. The number of amides is 1. The van der Waals surface area contributed by atoms with Gasteiger partial charge in [0.25, 0.3) is 5.56 Å². The third kappa shape index (κ3) is 3.89. The molecule has 4 rings (SSSR count). The molecule has 0 radical (unpaired) electrons. The van der Waals surface area contributed by atoms with Crippen LogP contribution in [-0.2, 0) is 18.3 Å². The minimum atomic E-state index is -0.237. The predicted molar refractivity (Wildman–Crippen MR) is 113 cm³/mol. The van der Waals surface area contributed by atoms with Crippen molar-refractivity contribution < 1.29 is 9.53 Å². The Hall–Kier alpha value is -2.94. The first-order valence-corrected chi connectivity index (χ1v) is 10.4. The van der Waals surface area contributed by atoms with E-state index in [1.165, 1.54) is 4.57 Å². The molecule has 1 amide bonds. The van der Waals surface area contributed by atoms with Crippen molar-refractivity contribution >= 4 is 22.8 Å². The molecule has 1 aromatic carbocycles. The van der Waals surface area contributed by atoms with Crippen molar-refractivity contribution in [1.82, 2.24) is 29.0 Å². The van der Waals surface area contributed by atoms with Gasteiger partial charge < -0.3 is 9.64 Å². The van der Waals surface area contributed by atoms with Gasteiger partial charge in [0.05, 0.1) is 24.1 Å². The molecule has 2 aromatic heterocycles. The minimum Gasteiger partial charge on any atom is -0.449 e. The molecule has 9 nitrogen and oxygen atoms in total. The number of rotatable bonds is 4. The molecule has 0 spiro atoms. The number of fused-ring (bicyclic) bond motifs is 3. The molecule has 0 aliphatic carbocycles. The normalized spacial score (nSPS) is 15.8. The molecule has 3 heterocycles. The zero-order valence-electron chi connectivity index (χ0n) is 17.7. The Balaban J connectivity index is 1.54. The van der Waals surface area contributed by atoms with Crippen molar-refractivity contribution in [2.24, 2.45) is 13.0 Å². The molecule has 1 saturated heterocycles. The van der Waals surface area contributed by atoms with Gasteiger partial charge in [0.2, 0.25) is 5.78 Å². The third-order valence-electron chi connectivity index (χ3n) is 5.44. The van der Waals surface area contributed by atoms with Gasteiger partial charge in [0.15, 0.2) is 5.82 Å². The molecule has 9 heteroatoms. The molecule has 160 valence electrons. The van der Waals surface area contributed by atoms with Gasteiger partial charge >= 0.3 is 6.09 Å². The van der Waals surface area contributed by atoms with Crippen LogP contribution < -0.4 is 5.56 Å². The Morgan fingerprint density at radius 2 is 1.93 bits per heavy atom. The van der Waals surface area contributed by atoms with Gasteiger partial charge in [-0.25, -0.2) is 4.79 Å². The van der Waals surface area contributed by atoms with Crippen molar-refractivity contribution in [2.45, 2.75) is 26.8 Å². The van der Waals surface area contributed by atoms with E-state index in [0.717, 1.165) is 30.9 Å². The summed E-state index contributed by atoms with van der Waals surface area (Å²) < 4.78 is 8.87. The molecule has 0 N–H and O–H groups in total. The number of hydrogen-bond donors (Lipinski definition) is 0. The number of aromatic nitrogens is 4. The van der Waals surface area contributed by atoms with E-state index >= 15 is 0 Å². The fourth-order valence-corrected chi connectivity index (χ4v) is 3.84. The molecular weight excluding hydrogens is 384 g/mol. The maximum atomic E-state index is 12.6. The second kappa shape index (κ2) is 8.43. The molecule has 30 heavy (non-hydrogen) atoms. The molecule has 0 saturated carbocycles. The summed E-state index contributed by atoms with van der Waals surface area (Å²) in [6.45, 7) is 7.98. The number of carbonyl (C=O) groups is 1. The van der Waals surface area contributed by atoms with Gasteiger partial charge in [0.1, 0.15) is 0 Å². The Morgan fingerprint density at radius 1 is 1.13 bits per heavy atom. The molecule has 1 fully saturated rings. The highest BCUT2D eigenvalue weighted by Crippen LogP contribution is 2.16. The van der Waals surface area contributed by atoms with Crippen molar-refractivity contribution in [2.75, 3.05) is 32.8 Å². The number of ether oxygens (including phenoxy) is 1. The van der Waals surface area contributed by atoms with Crippen molar-refractivity contribution in [3.05, 3.63) is 40.4 Å². The SMILES string of the molecule is CC(C)COC(=O)N1CCCN(Cc2nnc3n(C)c(=O)c4ccccc4n23)CC1. The summed E-state index contributed by atoms with van der Waals surface area (Å²) in [5.41, 5.74) is 0.728. The van der Waals surface area contributed by atoms with Gasteiger partial charge in [0, 0.05) is 33.2 Å². The highest BCUT2D eigenvalue weighted by molar-refractivity contribution is 5.80. The van der Waals surface area contributed by atoms with Crippen LogP contribution in [0.3, 0.4) is 0 Å². The van der Waals surface area contributed by atoms with E-state index in [2.05, 4.69) is 15.1 Å². The van der Waals surface area contributed by atoms with Crippen LogP contribution in [0, 0.1) is 5.92 Å². The quantitative estimate of drug-likeness (QED) is 0.651. The smallest absolute Gasteiger partial charge is 0.409 e. The lowest BCUT2D eigenvalue weighted by Crippen LogP contribution is -2.36. The molecule has 3 aromatic rings. The number of nitrogens with zero attached hydrogens (tertiary/aromatic N) is 6. The first-order chi connectivity index (χ1) is 14.5. The average Bonchev–Trinajstić information content (AvgIpc) is 3.01. The highest BCUT2D eigenvalue weighted by Gasteiger charge is 2.22. The average molecular weight is 412 g/mol. The molecule has 1 aliphatic heterocycles. The van der Waals surface area contributed by atoms with E-state index in [1.807, 2.05) is 42.5 Å². The van der Waals surface area contributed by atoms with Crippen molar-refractivity contribution in [3.8, 4) is 0 Å². The van der Waals surface area contributed by atoms with Crippen LogP contribution in [0.2, 0.25) is 0 Å². The number of aryl methyl sites for hydroxylation is 1. The van der Waals surface area contributed by atoms with E-state index in [-0.39, 0.29) is 11.7 Å². The van der Waals surface area contributed by atoms with Crippen molar-refractivity contribution in [3.63, 3.8) is 0 Å². The van der Waals surface area contributed by atoms with Crippen LogP contribution >= 0.6 is 0 Å². The molecular formula is C21H28N6O3. The van der Waals surface area contributed by atoms with Crippen LogP contribution in [0.25, 0.3) is 16.7 Å². The summed E-state index contributed by atoms with van der Waals surface area (Å²) in [5.74, 6) is 1.64. The fraction of sp³-hybridized carbons (Fsp3) is 0.524. The maximum Gasteiger partial charge on any atom is 0.409 e. The van der Waals surface area contributed by atoms with Crippen LogP contribution in [0.15, 0.2) is 29.1 Å². The largest absolute Gasteiger partial charge is 0.449 e. The number of hydrogen-bond acceptors (Lipinski definition) is 6. The Bertz CT molecular complexity index is 1120. The second-order valence-electron chi connectivity index (χ2n) is 8.22. The zero-order valence-corrected chi connectivity index (χ0v) is 17.7. The van der Waals surface area contributed by atoms with E-state index < -0.39 is 0 Å². The van der Waals surface area contributed by atoms with Gasteiger partial charge in [-0.15, -0.1) is 10.2 Å². The molecule has 0 atom stereocenters. The maximum absolute atomic E-state index is 12.6. The van der Waals surface area contributed by atoms with E-state index in [1.54, 1.807) is 11.9 Å². The summed E-state index contributed by atoms with van der Waals surface area (Å²) in [7, 11) is 1.72. The predicted octanol–water partition coefficient (Wildman–Crippen LogP) is 1.88. The Morgan fingerprint density at radius 3 is 2.73 bits per heavy atom. The van der Waals surface area contributed by atoms with Crippen molar-refractivity contribution in [1.29, 1.82) is 0 Å². The molecule has 0 unspecified atom stereocenters. The molecule has 0 bridgehead atoms. The van der Waals surface area contributed by atoms with Crippen LogP contribution in [-0.4, -0.2) is 67.8 Å². The fourth-order valence-electron chi connectivity index (χ4n) is 3.84. The summed E-state index contributed by atoms with van der Waals surface area (Å²) in [4.78, 5) is 29.0. The second-order valence-corrected chi connectivity index (χ2v) is 8.22. The zero-order chi connectivity index (χ0) is 21.3. The number of benzene rings is 1.